The summed E-state index contributed by atoms with van der Waals surface area (Å²) in [6.45, 7) is 16.1. The van der Waals surface area contributed by atoms with E-state index >= 15 is 0 Å². The van der Waals surface area contributed by atoms with E-state index in [9.17, 15) is 0 Å². The molecule has 0 saturated heterocycles. The van der Waals surface area contributed by atoms with Gasteiger partial charge in [0, 0.05) is 28.4 Å². The molecule has 1 aliphatic carbocycles. The van der Waals surface area contributed by atoms with Gasteiger partial charge in [-0.1, -0.05) is 193 Å². The molecular formula is C67H60N2. The van der Waals surface area contributed by atoms with Gasteiger partial charge in [0.05, 0.1) is 5.54 Å². The fourth-order valence-corrected chi connectivity index (χ4v) is 10.7. The molecule has 0 fully saturated rings. The predicted octanol–water partition coefficient (Wildman–Crippen LogP) is 19.2. The van der Waals surface area contributed by atoms with Gasteiger partial charge in [0.1, 0.15) is 0 Å². The molecule has 1 aliphatic rings. The largest absolute Gasteiger partial charge is 0.332 e. The van der Waals surface area contributed by atoms with Crippen LogP contribution in [0, 0.1) is 5.41 Å². The Morgan fingerprint density at radius 2 is 0.855 bits per heavy atom. The number of benzene rings is 10. The van der Waals surface area contributed by atoms with Crippen LogP contribution < -0.4 is 9.80 Å². The van der Waals surface area contributed by atoms with Crippen molar-refractivity contribution < 1.29 is 0 Å². The van der Waals surface area contributed by atoms with Crippen molar-refractivity contribution in [2.24, 2.45) is 5.41 Å². The summed E-state index contributed by atoms with van der Waals surface area (Å²) in [6, 6.07) is 76.9. The van der Waals surface area contributed by atoms with Gasteiger partial charge in [0.15, 0.2) is 0 Å². The third-order valence-electron chi connectivity index (χ3n) is 14.4. The zero-order chi connectivity index (χ0) is 47.5. The van der Waals surface area contributed by atoms with E-state index in [2.05, 4.69) is 283 Å². The number of para-hydroxylation sites is 2. The van der Waals surface area contributed by atoms with E-state index in [4.69, 9.17) is 0 Å². The van der Waals surface area contributed by atoms with Gasteiger partial charge >= 0.3 is 0 Å². The van der Waals surface area contributed by atoms with E-state index in [1.807, 2.05) is 0 Å². The normalized spacial score (nSPS) is 15.2. The minimum atomic E-state index is -0.314. The average molecular weight is 893 g/mol. The Bertz CT molecular complexity index is 3600. The van der Waals surface area contributed by atoms with Gasteiger partial charge in [0.2, 0.25) is 0 Å². The standard InChI is InChI=1S/C67H60N2/c1-65(2,3)52-30-32-55(33-31-52)68(54-22-10-8-11-23-54)57-34-36-59-61(44-57)63(50-28-26-46-18-14-16-20-48(46)42-50)60-37-35-58(45-62(60)64(59)51-29-27-47-19-15-17-21-49(47)43-51)69(56-24-12-9-13-25-56)67(7)40-38-53(39-41-67)66(4,5)6/h8-40,42-45H,41H2,1-7H3. The third-order valence-corrected chi connectivity index (χ3v) is 14.4. The van der Waals surface area contributed by atoms with Crippen molar-refractivity contribution >= 4 is 71.5 Å². The molecule has 0 bridgehead atoms. The van der Waals surface area contributed by atoms with E-state index in [0.29, 0.717) is 0 Å². The van der Waals surface area contributed by atoms with Crippen LogP contribution in [-0.4, -0.2) is 5.54 Å². The highest BCUT2D eigenvalue weighted by molar-refractivity contribution is 6.23. The Balaban J connectivity index is 1.22. The summed E-state index contributed by atoms with van der Waals surface area (Å²) in [5, 5.41) is 9.78. The molecule has 10 aromatic carbocycles. The Morgan fingerprint density at radius 3 is 1.36 bits per heavy atom. The molecule has 0 N–H and O–H groups in total. The lowest BCUT2D eigenvalue weighted by Crippen LogP contribution is -2.42. The number of rotatable bonds is 8. The highest BCUT2D eigenvalue weighted by Crippen LogP contribution is 2.50. The fraction of sp³-hybridized carbons (Fsp3) is 0.164. The van der Waals surface area contributed by atoms with Gasteiger partial charge in [-0.05, 0) is 173 Å². The van der Waals surface area contributed by atoms with Crippen molar-refractivity contribution in [1.82, 2.24) is 0 Å². The minimum Gasteiger partial charge on any atom is -0.332 e. The van der Waals surface area contributed by atoms with Crippen LogP contribution in [0.1, 0.15) is 60.5 Å². The van der Waals surface area contributed by atoms with E-state index in [1.54, 1.807) is 0 Å². The molecule has 0 radical (unpaired) electrons. The molecule has 69 heavy (non-hydrogen) atoms. The first-order valence-corrected chi connectivity index (χ1v) is 24.6. The van der Waals surface area contributed by atoms with Crippen LogP contribution in [0.5, 0.6) is 0 Å². The maximum atomic E-state index is 2.56. The highest BCUT2D eigenvalue weighted by Gasteiger charge is 2.34. The molecule has 10 aromatic rings. The van der Waals surface area contributed by atoms with Gasteiger partial charge < -0.3 is 9.80 Å². The molecule has 1 unspecified atom stereocenters. The van der Waals surface area contributed by atoms with Gasteiger partial charge in [-0.15, -0.1) is 0 Å². The number of hydrogen-bond donors (Lipinski definition) is 0. The lowest BCUT2D eigenvalue weighted by atomic mass is 9.78. The average Bonchev–Trinajstić information content (AvgIpc) is 3.36. The van der Waals surface area contributed by atoms with Crippen LogP contribution in [0.25, 0.3) is 65.3 Å². The summed E-state index contributed by atoms with van der Waals surface area (Å²) in [7, 11) is 0. The van der Waals surface area contributed by atoms with Gasteiger partial charge in [-0.3, -0.25) is 0 Å². The maximum absolute atomic E-state index is 2.56. The zero-order valence-electron chi connectivity index (χ0n) is 41.0. The molecule has 2 nitrogen and oxygen atoms in total. The lowest BCUT2D eigenvalue weighted by Gasteiger charge is -2.43. The Hall–Kier alpha value is -7.68. The molecule has 0 aliphatic heterocycles. The second-order valence-electron chi connectivity index (χ2n) is 21.3. The first-order valence-electron chi connectivity index (χ1n) is 24.6. The summed E-state index contributed by atoms with van der Waals surface area (Å²) >= 11 is 0. The molecule has 1 atom stereocenters. The highest BCUT2D eigenvalue weighted by atomic mass is 15.2. The molecule has 0 saturated carbocycles. The fourth-order valence-electron chi connectivity index (χ4n) is 10.7. The Morgan fingerprint density at radius 1 is 0.391 bits per heavy atom. The van der Waals surface area contributed by atoms with Crippen molar-refractivity contribution in [3.8, 4) is 22.3 Å². The summed E-state index contributed by atoms with van der Waals surface area (Å²) in [6.07, 6.45) is 8.15. The molecule has 0 amide bonds. The smallest absolute Gasteiger partial charge is 0.0643 e. The monoisotopic (exact) mass is 892 g/mol. The van der Waals surface area contributed by atoms with Crippen molar-refractivity contribution in [2.75, 3.05) is 9.80 Å². The van der Waals surface area contributed by atoms with Gasteiger partial charge in [-0.2, -0.15) is 0 Å². The van der Waals surface area contributed by atoms with Crippen molar-refractivity contribution in [3.63, 3.8) is 0 Å². The first-order chi connectivity index (χ1) is 33.3. The molecule has 11 rings (SSSR count). The SMILES string of the molecule is CC(C)(C)C1=CCC(C)(N(c2ccccc2)c2ccc3c(-c4ccc5ccccc5c4)c4cc(N(c5ccccc5)c5ccc(C(C)(C)C)cc5)ccc4c(-c4ccc5ccccc5c4)c3c2)C=C1. The van der Waals surface area contributed by atoms with Crippen LogP contribution in [0.2, 0.25) is 0 Å². The quantitative estimate of drug-likeness (QED) is 0.140. The van der Waals surface area contributed by atoms with Gasteiger partial charge in [-0.25, -0.2) is 0 Å². The number of fused-ring (bicyclic) bond motifs is 4. The van der Waals surface area contributed by atoms with Crippen LogP contribution in [-0.2, 0) is 5.41 Å². The van der Waals surface area contributed by atoms with Crippen LogP contribution in [0.15, 0.2) is 230 Å². The van der Waals surface area contributed by atoms with Crippen molar-refractivity contribution in [3.05, 3.63) is 236 Å². The van der Waals surface area contributed by atoms with E-state index < -0.39 is 0 Å². The number of hydrogen-bond acceptors (Lipinski definition) is 2. The van der Waals surface area contributed by atoms with E-state index in [0.717, 1.165) is 29.2 Å². The van der Waals surface area contributed by atoms with Crippen LogP contribution in [0.3, 0.4) is 0 Å². The topological polar surface area (TPSA) is 6.48 Å². The number of anilines is 5. The zero-order valence-corrected chi connectivity index (χ0v) is 41.0. The molecule has 0 heterocycles. The van der Waals surface area contributed by atoms with E-state index in [1.165, 1.54) is 82.2 Å². The second kappa shape index (κ2) is 17.1. The first kappa shape index (κ1) is 43.9. The number of nitrogens with zero attached hydrogens (tertiary/aromatic N) is 2. The third kappa shape index (κ3) is 8.19. The van der Waals surface area contributed by atoms with Gasteiger partial charge in [0.25, 0.3) is 0 Å². The summed E-state index contributed by atoms with van der Waals surface area (Å²) in [5.41, 5.74) is 13.0. The van der Waals surface area contributed by atoms with Crippen molar-refractivity contribution in [2.45, 2.75) is 65.8 Å². The van der Waals surface area contributed by atoms with Crippen LogP contribution in [0.4, 0.5) is 28.4 Å². The molecule has 2 heteroatoms. The Labute approximate surface area is 408 Å². The molecule has 0 spiro atoms. The minimum absolute atomic E-state index is 0.0453. The summed E-state index contributed by atoms with van der Waals surface area (Å²) in [5.74, 6) is 0. The second-order valence-corrected chi connectivity index (χ2v) is 21.3. The molecule has 338 valence electrons. The predicted molar refractivity (Wildman–Crippen MR) is 299 cm³/mol. The summed E-state index contributed by atoms with van der Waals surface area (Å²) in [4.78, 5) is 4.98. The maximum Gasteiger partial charge on any atom is 0.0643 e. The lowest BCUT2D eigenvalue weighted by molar-refractivity contribution is 0.494. The summed E-state index contributed by atoms with van der Waals surface area (Å²) < 4.78 is 0. The Kier molecular flexibility index (Phi) is 10.9. The van der Waals surface area contributed by atoms with Crippen LogP contribution >= 0.6 is 0 Å². The molecule has 0 aromatic heterocycles. The van der Waals surface area contributed by atoms with E-state index in [-0.39, 0.29) is 16.4 Å². The van der Waals surface area contributed by atoms with Crippen molar-refractivity contribution in [1.29, 1.82) is 0 Å². The number of allylic oxidation sites excluding steroid dienone is 2. The molecular weight excluding hydrogens is 833 g/mol.